The first-order chi connectivity index (χ1) is 6.22. The number of hydrogen-bond acceptors (Lipinski definition) is 1. The summed E-state index contributed by atoms with van der Waals surface area (Å²) in [6, 6.07) is 0. The van der Waals surface area contributed by atoms with Crippen LogP contribution in [0.4, 0.5) is 0 Å². The third-order valence-corrected chi connectivity index (χ3v) is 2.50. The van der Waals surface area contributed by atoms with E-state index < -0.39 is 0 Å². The van der Waals surface area contributed by atoms with Crippen LogP contribution in [0, 0.1) is 0 Å². The van der Waals surface area contributed by atoms with Gasteiger partial charge in [-0.25, -0.2) is 0 Å². The topological polar surface area (TPSA) is 22.0 Å². The maximum Gasteiger partial charge on any atom is 0.245 e. The molecule has 1 heterocycles. The molecule has 2 nitrogen and oxygen atoms in total. The molecule has 0 aliphatic carbocycles. The molecule has 1 aromatic rings. The van der Waals surface area contributed by atoms with Crippen LogP contribution in [0.2, 0.25) is 0 Å². The first-order valence-electron chi connectivity index (χ1n) is 3.63. The second-order valence-electron chi connectivity index (χ2n) is 2.51. The zero-order valence-electron chi connectivity index (χ0n) is 6.77. The highest BCUT2D eigenvalue weighted by Gasteiger charge is 2.08. The molecule has 72 valence electrons. The summed E-state index contributed by atoms with van der Waals surface area (Å²) in [6.45, 7) is 0. The number of aromatic nitrogens is 1. The van der Waals surface area contributed by atoms with Crippen molar-refractivity contribution in [1.82, 2.24) is 4.57 Å². The molecule has 0 aromatic carbocycles. The van der Waals surface area contributed by atoms with Crippen LogP contribution in [0.3, 0.4) is 0 Å². The molecule has 0 saturated heterocycles. The van der Waals surface area contributed by atoms with E-state index in [2.05, 4.69) is 0 Å². The quantitative estimate of drug-likeness (QED) is 0.745. The maximum atomic E-state index is 11.2. The van der Waals surface area contributed by atoms with E-state index in [0.717, 1.165) is 11.1 Å². The van der Waals surface area contributed by atoms with Gasteiger partial charge in [-0.3, -0.25) is 9.36 Å². The van der Waals surface area contributed by atoms with E-state index in [9.17, 15) is 4.79 Å². The van der Waals surface area contributed by atoms with Crippen molar-refractivity contribution in [2.75, 3.05) is 5.88 Å². The molecule has 0 fully saturated rings. The Morgan fingerprint density at radius 3 is 1.92 bits per heavy atom. The summed E-state index contributed by atoms with van der Waals surface area (Å²) >= 11 is 16.7. The van der Waals surface area contributed by atoms with Crippen LogP contribution >= 0.6 is 34.8 Å². The van der Waals surface area contributed by atoms with Gasteiger partial charge in [-0.15, -0.1) is 34.8 Å². The number of halogens is 3. The van der Waals surface area contributed by atoms with Crippen LogP contribution in [0.1, 0.15) is 15.9 Å². The normalized spacial score (nSPS) is 10.4. The lowest BCUT2D eigenvalue weighted by Gasteiger charge is -1.94. The fourth-order valence-corrected chi connectivity index (χ4v) is 1.61. The van der Waals surface area contributed by atoms with Crippen molar-refractivity contribution in [3.05, 3.63) is 23.5 Å². The Kier molecular flexibility index (Phi) is 4.10. The molecule has 13 heavy (non-hydrogen) atoms. The van der Waals surface area contributed by atoms with Crippen LogP contribution in [0.25, 0.3) is 0 Å². The van der Waals surface area contributed by atoms with E-state index in [1.54, 1.807) is 12.4 Å². The van der Waals surface area contributed by atoms with E-state index >= 15 is 0 Å². The lowest BCUT2D eigenvalue weighted by atomic mass is 10.2. The highest BCUT2D eigenvalue weighted by atomic mass is 35.5. The molecule has 1 aromatic heterocycles. The van der Waals surface area contributed by atoms with Crippen LogP contribution in [0.15, 0.2) is 12.4 Å². The predicted octanol–water partition coefficient (Wildman–Crippen LogP) is 2.84. The molecule has 0 unspecified atom stereocenters. The average Bonchev–Trinajstić information content (AvgIpc) is 2.59. The summed E-state index contributed by atoms with van der Waals surface area (Å²) in [4.78, 5) is 11.2. The summed E-state index contributed by atoms with van der Waals surface area (Å²) < 4.78 is 1.42. The van der Waals surface area contributed by atoms with Gasteiger partial charge in [0.05, 0.1) is 0 Å². The minimum Gasteiger partial charge on any atom is -0.293 e. The summed E-state index contributed by atoms with van der Waals surface area (Å²) in [7, 11) is 0. The van der Waals surface area contributed by atoms with Gasteiger partial charge in [0.2, 0.25) is 5.91 Å². The van der Waals surface area contributed by atoms with Gasteiger partial charge in [-0.1, -0.05) is 0 Å². The van der Waals surface area contributed by atoms with Crippen LogP contribution in [-0.2, 0) is 11.8 Å². The standard InChI is InChI=1S/C8H8Cl3NO/c9-1-6-4-12(8(13)3-11)5-7(6)2-10/h4-5H,1-3H2. The van der Waals surface area contributed by atoms with Crippen molar-refractivity contribution in [3.63, 3.8) is 0 Å². The van der Waals surface area contributed by atoms with Gasteiger partial charge in [-0.2, -0.15) is 0 Å². The van der Waals surface area contributed by atoms with Crippen LogP contribution < -0.4 is 0 Å². The van der Waals surface area contributed by atoms with Gasteiger partial charge < -0.3 is 0 Å². The Hall–Kier alpha value is -0.180. The number of carbonyl (C=O) groups is 1. The van der Waals surface area contributed by atoms with Gasteiger partial charge in [0.25, 0.3) is 0 Å². The highest BCUT2D eigenvalue weighted by molar-refractivity contribution is 6.27. The zero-order chi connectivity index (χ0) is 9.84. The molecule has 0 aliphatic rings. The molecule has 0 spiro atoms. The maximum absolute atomic E-state index is 11.2. The molecular weight excluding hydrogens is 232 g/mol. The van der Waals surface area contributed by atoms with Crippen molar-refractivity contribution in [1.29, 1.82) is 0 Å². The minimum atomic E-state index is -0.176. The van der Waals surface area contributed by atoms with E-state index in [1.807, 2.05) is 0 Å². The van der Waals surface area contributed by atoms with Crippen LogP contribution in [0.5, 0.6) is 0 Å². The second-order valence-corrected chi connectivity index (χ2v) is 3.31. The molecular formula is C8H8Cl3NO. The van der Waals surface area contributed by atoms with Gasteiger partial charge in [0, 0.05) is 24.2 Å². The number of carbonyl (C=O) groups excluding carboxylic acids is 1. The van der Waals surface area contributed by atoms with Gasteiger partial charge >= 0.3 is 0 Å². The monoisotopic (exact) mass is 239 g/mol. The van der Waals surface area contributed by atoms with Crippen molar-refractivity contribution >= 4 is 40.7 Å². The first-order valence-corrected chi connectivity index (χ1v) is 5.24. The van der Waals surface area contributed by atoms with Gasteiger partial charge in [-0.05, 0) is 11.1 Å². The molecule has 0 radical (unpaired) electrons. The lowest BCUT2D eigenvalue weighted by Crippen LogP contribution is -2.08. The van der Waals surface area contributed by atoms with E-state index in [4.69, 9.17) is 34.8 Å². The molecule has 0 N–H and O–H groups in total. The van der Waals surface area contributed by atoms with Crippen molar-refractivity contribution in [3.8, 4) is 0 Å². The fraction of sp³-hybridized carbons (Fsp3) is 0.375. The molecule has 5 heteroatoms. The Bertz CT molecular complexity index is 287. The molecule has 0 saturated carbocycles. The molecule has 0 bridgehead atoms. The number of rotatable bonds is 3. The van der Waals surface area contributed by atoms with Crippen LogP contribution in [-0.4, -0.2) is 16.4 Å². The summed E-state index contributed by atoms with van der Waals surface area (Å²) in [5.74, 6) is 0.484. The summed E-state index contributed by atoms with van der Waals surface area (Å²) in [6.07, 6.45) is 3.32. The third-order valence-electron chi connectivity index (χ3n) is 1.69. The second kappa shape index (κ2) is 4.89. The largest absolute Gasteiger partial charge is 0.293 e. The predicted molar refractivity (Wildman–Crippen MR) is 54.9 cm³/mol. The number of hydrogen-bond donors (Lipinski definition) is 0. The Labute approximate surface area is 91.4 Å². The lowest BCUT2D eigenvalue weighted by molar-refractivity contribution is 0.0940. The smallest absolute Gasteiger partial charge is 0.245 e. The zero-order valence-corrected chi connectivity index (χ0v) is 9.03. The summed E-state index contributed by atoms with van der Waals surface area (Å²) in [5.41, 5.74) is 1.74. The average molecular weight is 241 g/mol. The van der Waals surface area contributed by atoms with Gasteiger partial charge in [0.1, 0.15) is 5.88 Å². The molecule has 0 atom stereocenters. The van der Waals surface area contributed by atoms with Gasteiger partial charge in [0.15, 0.2) is 0 Å². The van der Waals surface area contributed by atoms with Crippen molar-refractivity contribution in [2.24, 2.45) is 0 Å². The van der Waals surface area contributed by atoms with E-state index in [-0.39, 0.29) is 11.8 Å². The van der Waals surface area contributed by atoms with Crippen molar-refractivity contribution in [2.45, 2.75) is 11.8 Å². The molecule has 0 amide bonds. The molecule has 1 rings (SSSR count). The van der Waals surface area contributed by atoms with E-state index in [1.165, 1.54) is 4.57 Å². The minimum absolute atomic E-state index is 0.0435. The van der Waals surface area contributed by atoms with E-state index in [0.29, 0.717) is 11.8 Å². The van der Waals surface area contributed by atoms with Crippen molar-refractivity contribution < 1.29 is 4.79 Å². The fourth-order valence-electron chi connectivity index (χ4n) is 0.993. The summed E-state index contributed by atoms with van der Waals surface area (Å²) in [5, 5.41) is 0. The third kappa shape index (κ3) is 2.39. The highest BCUT2D eigenvalue weighted by Crippen LogP contribution is 2.15. The number of alkyl halides is 3. The SMILES string of the molecule is O=C(CCl)n1cc(CCl)c(CCl)c1. The molecule has 0 aliphatic heterocycles. The Morgan fingerprint density at radius 2 is 1.62 bits per heavy atom. The number of nitrogens with zero attached hydrogens (tertiary/aromatic N) is 1. The Balaban J connectivity index is 2.99. The first kappa shape index (κ1) is 10.9. The Morgan fingerprint density at radius 1 is 1.15 bits per heavy atom.